The van der Waals surface area contributed by atoms with E-state index in [2.05, 4.69) is 0 Å². The molecule has 0 atom stereocenters. The van der Waals surface area contributed by atoms with Crippen LogP contribution in [0.15, 0.2) is 12.1 Å². The fourth-order valence-electron chi connectivity index (χ4n) is 1.57. The van der Waals surface area contributed by atoms with Crippen molar-refractivity contribution in [3.8, 4) is 11.5 Å². The molecule has 0 saturated heterocycles. The van der Waals surface area contributed by atoms with Gasteiger partial charge in [-0.1, -0.05) is 0 Å². The number of amides is 1. The zero-order valence-electron chi connectivity index (χ0n) is 10.8. The highest BCUT2D eigenvalue weighted by atomic mass is 16.5. The second-order valence-electron chi connectivity index (χ2n) is 3.63. The molecule has 1 aromatic rings. The molecule has 0 aliphatic heterocycles. The molecule has 0 heterocycles. The number of primary amides is 1. The number of ketones is 1. The Bertz CT molecular complexity index is 441. The predicted octanol–water partition coefficient (Wildman–Crippen LogP) is 1.79. The van der Waals surface area contributed by atoms with Gasteiger partial charge in [-0.25, -0.2) is 0 Å². The first kappa shape index (κ1) is 14.0. The molecule has 5 heteroatoms. The highest BCUT2D eigenvalue weighted by molar-refractivity contribution is 6.02. The van der Waals surface area contributed by atoms with Gasteiger partial charge in [-0.15, -0.1) is 0 Å². The summed E-state index contributed by atoms with van der Waals surface area (Å²) in [6, 6.07) is 3.02. The lowest BCUT2D eigenvalue weighted by Crippen LogP contribution is -2.16. The van der Waals surface area contributed by atoms with Gasteiger partial charge < -0.3 is 15.2 Å². The zero-order chi connectivity index (χ0) is 13.7. The molecule has 0 unspecified atom stereocenters. The molecule has 18 heavy (non-hydrogen) atoms. The third kappa shape index (κ3) is 3.00. The molecule has 0 aliphatic carbocycles. The van der Waals surface area contributed by atoms with E-state index in [1.54, 1.807) is 13.8 Å². The van der Waals surface area contributed by atoms with Crippen LogP contribution < -0.4 is 15.2 Å². The van der Waals surface area contributed by atoms with Gasteiger partial charge in [0.05, 0.1) is 13.2 Å². The van der Waals surface area contributed by atoms with Crippen LogP contribution in [0.3, 0.4) is 0 Å². The van der Waals surface area contributed by atoms with Crippen LogP contribution in [0.25, 0.3) is 0 Å². The number of nitrogens with two attached hydrogens (primary N) is 1. The Morgan fingerprint density at radius 2 is 1.56 bits per heavy atom. The van der Waals surface area contributed by atoms with Crippen molar-refractivity contribution in [3.05, 3.63) is 23.3 Å². The van der Waals surface area contributed by atoms with Crippen molar-refractivity contribution in [2.45, 2.75) is 20.8 Å². The molecule has 0 saturated carbocycles. The number of hydrogen-bond acceptors (Lipinski definition) is 4. The first-order valence-corrected chi connectivity index (χ1v) is 5.75. The molecular formula is C13H17NO4. The molecule has 5 nitrogen and oxygen atoms in total. The lowest BCUT2D eigenvalue weighted by atomic mass is 10.1. The van der Waals surface area contributed by atoms with E-state index in [1.165, 1.54) is 19.1 Å². The van der Waals surface area contributed by atoms with Crippen LogP contribution in [-0.4, -0.2) is 24.9 Å². The summed E-state index contributed by atoms with van der Waals surface area (Å²) in [4.78, 5) is 22.9. The molecular weight excluding hydrogens is 234 g/mol. The minimum absolute atomic E-state index is 0.132. The van der Waals surface area contributed by atoms with Gasteiger partial charge in [-0.3, -0.25) is 9.59 Å². The summed E-state index contributed by atoms with van der Waals surface area (Å²) < 4.78 is 10.7. The van der Waals surface area contributed by atoms with Gasteiger partial charge in [0.15, 0.2) is 5.78 Å². The summed E-state index contributed by atoms with van der Waals surface area (Å²) >= 11 is 0. The average Bonchev–Trinajstić information content (AvgIpc) is 2.28. The minimum atomic E-state index is -0.642. The standard InChI is InChI=1S/C13H17NO4/c1-4-17-10-6-9(8(3)15)7-11(18-5-2)12(10)13(14)16/h6-7H,4-5H2,1-3H3,(H2,14,16). The van der Waals surface area contributed by atoms with Crippen LogP contribution in [0, 0.1) is 0 Å². The third-order valence-electron chi connectivity index (χ3n) is 2.32. The van der Waals surface area contributed by atoms with Gasteiger partial charge in [0.1, 0.15) is 17.1 Å². The van der Waals surface area contributed by atoms with Crippen molar-refractivity contribution in [1.29, 1.82) is 0 Å². The number of ether oxygens (including phenoxy) is 2. The Morgan fingerprint density at radius 3 is 1.83 bits per heavy atom. The van der Waals surface area contributed by atoms with Gasteiger partial charge in [0.2, 0.25) is 0 Å². The maximum atomic E-state index is 11.5. The molecule has 98 valence electrons. The van der Waals surface area contributed by atoms with Crippen LogP contribution in [0.4, 0.5) is 0 Å². The number of rotatable bonds is 6. The Labute approximate surface area is 106 Å². The van der Waals surface area contributed by atoms with Crippen LogP contribution in [0.5, 0.6) is 11.5 Å². The van der Waals surface area contributed by atoms with E-state index < -0.39 is 5.91 Å². The molecule has 0 aliphatic rings. The predicted molar refractivity (Wildman–Crippen MR) is 67.3 cm³/mol. The fraction of sp³-hybridized carbons (Fsp3) is 0.385. The lowest BCUT2D eigenvalue weighted by molar-refractivity contribution is 0.0985. The van der Waals surface area contributed by atoms with Crippen molar-refractivity contribution >= 4 is 11.7 Å². The van der Waals surface area contributed by atoms with Gasteiger partial charge >= 0.3 is 0 Å². The minimum Gasteiger partial charge on any atom is -0.493 e. The summed E-state index contributed by atoms with van der Waals surface area (Å²) in [7, 11) is 0. The number of Topliss-reactive ketones (excluding diaryl/α,β-unsaturated/α-hetero) is 1. The second-order valence-corrected chi connectivity index (χ2v) is 3.63. The summed E-state index contributed by atoms with van der Waals surface area (Å²) in [6.45, 7) is 5.74. The third-order valence-corrected chi connectivity index (χ3v) is 2.32. The molecule has 1 amide bonds. The Kier molecular flexibility index (Phi) is 4.71. The molecule has 2 N–H and O–H groups in total. The van der Waals surface area contributed by atoms with Crippen LogP contribution >= 0.6 is 0 Å². The van der Waals surface area contributed by atoms with Crippen molar-refractivity contribution in [3.63, 3.8) is 0 Å². The monoisotopic (exact) mass is 251 g/mol. The Hall–Kier alpha value is -2.04. The van der Waals surface area contributed by atoms with Crippen LogP contribution in [-0.2, 0) is 0 Å². The quantitative estimate of drug-likeness (QED) is 0.782. The van der Waals surface area contributed by atoms with Gasteiger partial charge in [-0.2, -0.15) is 0 Å². The van der Waals surface area contributed by atoms with E-state index in [0.717, 1.165) is 0 Å². The number of benzene rings is 1. The highest BCUT2D eigenvalue weighted by Gasteiger charge is 2.19. The Morgan fingerprint density at radius 1 is 1.11 bits per heavy atom. The first-order chi connectivity index (χ1) is 8.51. The normalized spacial score (nSPS) is 9.94. The maximum absolute atomic E-state index is 11.5. The van der Waals surface area contributed by atoms with Crippen LogP contribution in [0.2, 0.25) is 0 Å². The van der Waals surface area contributed by atoms with Crippen LogP contribution in [0.1, 0.15) is 41.5 Å². The van der Waals surface area contributed by atoms with E-state index in [4.69, 9.17) is 15.2 Å². The molecule has 0 bridgehead atoms. The van der Waals surface area contributed by atoms with Gasteiger partial charge in [-0.05, 0) is 32.9 Å². The summed E-state index contributed by atoms with van der Waals surface area (Å²) in [5, 5.41) is 0. The number of carbonyl (C=O) groups is 2. The molecule has 1 aromatic carbocycles. The van der Waals surface area contributed by atoms with Crippen molar-refractivity contribution in [2.24, 2.45) is 5.73 Å². The average molecular weight is 251 g/mol. The van der Waals surface area contributed by atoms with Gasteiger partial charge in [0.25, 0.3) is 5.91 Å². The fourth-order valence-corrected chi connectivity index (χ4v) is 1.57. The molecule has 0 fully saturated rings. The first-order valence-electron chi connectivity index (χ1n) is 5.75. The summed E-state index contributed by atoms with van der Waals surface area (Å²) in [5.41, 5.74) is 5.91. The van der Waals surface area contributed by atoms with Gasteiger partial charge in [0, 0.05) is 5.56 Å². The number of carbonyl (C=O) groups excluding carboxylic acids is 2. The van der Waals surface area contributed by atoms with Crippen molar-refractivity contribution in [1.82, 2.24) is 0 Å². The van der Waals surface area contributed by atoms with Crippen molar-refractivity contribution < 1.29 is 19.1 Å². The highest BCUT2D eigenvalue weighted by Crippen LogP contribution is 2.30. The molecule has 0 aromatic heterocycles. The summed E-state index contributed by atoms with van der Waals surface area (Å²) in [6.07, 6.45) is 0. The molecule has 0 spiro atoms. The van der Waals surface area contributed by atoms with E-state index in [-0.39, 0.29) is 22.8 Å². The number of hydrogen-bond donors (Lipinski definition) is 1. The zero-order valence-corrected chi connectivity index (χ0v) is 10.8. The largest absolute Gasteiger partial charge is 0.493 e. The van der Waals surface area contributed by atoms with E-state index in [0.29, 0.717) is 18.8 Å². The molecule has 1 rings (SSSR count). The summed E-state index contributed by atoms with van der Waals surface area (Å²) in [5.74, 6) is -0.216. The second kappa shape index (κ2) is 6.05. The van der Waals surface area contributed by atoms with Crippen molar-refractivity contribution in [2.75, 3.05) is 13.2 Å². The SMILES string of the molecule is CCOc1cc(C(C)=O)cc(OCC)c1C(N)=O. The smallest absolute Gasteiger partial charge is 0.256 e. The van der Waals surface area contributed by atoms with E-state index >= 15 is 0 Å². The molecule has 0 radical (unpaired) electrons. The topological polar surface area (TPSA) is 78.6 Å². The lowest BCUT2D eigenvalue weighted by Gasteiger charge is -2.14. The Balaban J connectivity index is 3.43. The van der Waals surface area contributed by atoms with E-state index in [9.17, 15) is 9.59 Å². The van der Waals surface area contributed by atoms with E-state index in [1.807, 2.05) is 0 Å². The maximum Gasteiger partial charge on any atom is 0.256 e.